The molecule has 290 valence electrons. The van der Waals surface area contributed by atoms with Gasteiger partial charge < -0.3 is 20.4 Å². The van der Waals surface area contributed by atoms with Crippen LogP contribution in [0.4, 0.5) is 20.2 Å². The van der Waals surface area contributed by atoms with Crippen molar-refractivity contribution in [1.29, 1.82) is 0 Å². The first-order chi connectivity index (χ1) is 26.8. The molecule has 2 atom stereocenters. The lowest BCUT2D eigenvalue weighted by Gasteiger charge is -2.34. The van der Waals surface area contributed by atoms with Crippen LogP contribution in [0.2, 0.25) is 0 Å². The summed E-state index contributed by atoms with van der Waals surface area (Å²) < 4.78 is 26.3. The van der Waals surface area contributed by atoms with Gasteiger partial charge in [0.25, 0.3) is 0 Å². The highest BCUT2D eigenvalue weighted by atomic mass is 19.1. The van der Waals surface area contributed by atoms with E-state index in [1.807, 2.05) is 43.3 Å². The van der Waals surface area contributed by atoms with Gasteiger partial charge in [0.2, 0.25) is 12.3 Å². The molecular weight excluding hydrogens is 691 g/mol. The van der Waals surface area contributed by atoms with Gasteiger partial charge in [0.15, 0.2) is 0 Å². The predicted molar refractivity (Wildman–Crippen MR) is 218 cm³/mol. The van der Waals surface area contributed by atoms with Crippen LogP contribution in [0.15, 0.2) is 84.9 Å². The monoisotopic (exact) mass is 746 g/mol. The van der Waals surface area contributed by atoms with E-state index in [1.165, 1.54) is 46.2 Å². The van der Waals surface area contributed by atoms with Crippen LogP contribution < -0.4 is 10.6 Å². The van der Waals surface area contributed by atoms with Gasteiger partial charge in [-0.05, 0) is 190 Å². The van der Waals surface area contributed by atoms with E-state index < -0.39 is 0 Å². The van der Waals surface area contributed by atoms with Crippen LogP contribution in [0.5, 0.6) is 0 Å². The number of rotatable bonds is 11. The lowest BCUT2D eigenvalue weighted by Crippen LogP contribution is -2.35. The Balaban J connectivity index is 0.000000170. The van der Waals surface area contributed by atoms with Crippen LogP contribution >= 0.6 is 0 Å². The molecule has 2 unspecified atom stereocenters. The molecule has 2 amide bonds. The van der Waals surface area contributed by atoms with Crippen molar-refractivity contribution in [2.24, 2.45) is 0 Å². The molecule has 2 N–H and O–H groups in total. The van der Waals surface area contributed by atoms with E-state index in [0.717, 1.165) is 102 Å². The van der Waals surface area contributed by atoms with Gasteiger partial charge in [0, 0.05) is 30.9 Å². The van der Waals surface area contributed by atoms with Crippen LogP contribution in [-0.2, 0) is 22.4 Å². The molecule has 2 aliphatic carbocycles. The number of aryl methyl sites for hydroxylation is 2. The number of piperidine rings is 2. The van der Waals surface area contributed by atoms with Crippen LogP contribution in [0.1, 0.15) is 115 Å². The summed E-state index contributed by atoms with van der Waals surface area (Å²) in [7, 11) is 0. The maximum atomic E-state index is 13.2. The highest BCUT2D eigenvalue weighted by Crippen LogP contribution is 2.38. The summed E-state index contributed by atoms with van der Waals surface area (Å²) in [6.07, 6.45) is 11.4. The molecule has 4 aliphatic rings. The van der Waals surface area contributed by atoms with Gasteiger partial charge in [-0.3, -0.25) is 9.59 Å². The predicted octanol–water partition coefficient (Wildman–Crippen LogP) is 9.78. The number of halogens is 2. The van der Waals surface area contributed by atoms with E-state index in [2.05, 4.69) is 44.7 Å². The summed E-state index contributed by atoms with van der Waals surface area (Å²) in [4.78, 5) is 27.8. The lowest BCUT2D eigenvalue weighted by atomic mass is 9.89. The Bertz CT molecular complexity index is 1880. The van der Waals surface area contributed by atoms with E-state index in [0.29, 0.717) is 30.1 Å². The second-order valence-corrected chi connectivity index (χ2v) is 16.1. The molecule has 0 radical (unpaired) electrons. The first kappa shape index (κ1) is 38.9. The van der Waals surface area contributed by atoms with E-state index in [4.69, 9.17) is 0 Å². The molecule has 2 heterocycles. The molecule has 4 aromatic rings. The molecule has 8 heteroatoms. The summed E-state index contributed by atoms with van der Waals surface area (Å²) in [6, 6.07) is 26.8. The number of carbonyl (C=O) groups excluding carboxylic acids is 2. The maximum Gasteiger partial charge on any atom is 0.224 e. The largest absolute Gasteiger partial charge is 0.329 e. The van der Waals surface area contributed by atoms with Gasteiger partial charge in [-0.25, -0.2) is 8.78 Å². The van der Waals surface area contributed by atoms with Gasteiger partial charge >= 0.3 is 0 Å². The Morgan fingerprint density at radius 3 is 1.56 bits per heavy atom. The van der Waals surface area contributed by atoms with Crippen molar-refractivity contribution in [1.82, 2.24) is 9.80 Å². The number of benzene rings is 4. The molecule has 2 fully saturated rings. The SMILES string of the molecule is CCCC(=O)Nc1ccc2c(c1)C(CN1CCC(c3ccc(F)cc3)CC1)CC2.O=CNc1ccc2c(c1)C(CN1CCC(c3ccc(F)cc3)CC1)CC2. The Morgan fingerprint density at radius 2 is 1.11 bits per heavy atom. The molecular formula is C47H56F2N4O2. The number of carbonyl (C=O) groups is 2. The van der Waals surface area contributed by atoms with Crippen molar-refractivity contribution in [3.8, 4) is 0 Å². The highest BCUT2D eigenvalue weighted by molar-refractivity contribution is 5.90. The third-order valence-electron chi connectivity index (χ3n) is 12.5. The Morgan fingerprint density at radius 1 is 0.655 bits per heavy atom. The molecule has 0 bridgehead atoms. The van der Waals surface area contributed by atoms with Crippen molar-refractivity contribution in [2.75, 3.05) is 49.9 Å². The highest BCUT2D eigenvalue weighted by Gasteiger charge is 2.29. The number of fused-ring (bicyclic) bond motifs is 2. The molecule has 0 saturated carbocycles. The first-order valence-electron chi connectivity index (χ1n) is 20.6. The zero-order valence-corrected chi connectivity index (χ0v) is 32.3. The van der Waals surface area contributed by atoms with Crippen molar-refractivity contribution < 1.29 is 18.4 Å². The van der Waals surface area contributed by atoms with Crippen LogP contribution in [-0.4, -0.2) is 61.4 Å². The topological polar surface area (TPSA) is 64.7 Å². The number of nitrogens with one attached hydrogen (secondary N) is 2. The van der Waals surface area contributed by atoms with Gasteiger partial charge in [-0.1, -0.05) is 43.3 Å². The maximum absolute atomic E-state index is 13.2. The van der Waals surface area contributed by atoms with Crippen molar-refractivity contribution >= 4 is 23.7 Å². The fourth-order valence-corrected chi connectivity index (χ4v) is 9.43. The Kier molecular flexibility index (Phi) is 13.1. The zero-order valence-electron chi connectivity index (χ0n) is 32.3. The van der Waals surface area contributed by atoms with Crippen LogP contribution in [0, 0.1) is 11.6 Å². The van der Waals surface area contributed by atoms with E-state index in [-0.39, 0.29) is 17.5 Å². The van der Waals surface area contributed by atoms with Crippen LogP contribution in [0.25, 0.3) is 0 Å². The third kappa shape index (κ3) is 10.1. The Hall–Kier alpha value is -4.40. The smallest absolute Gasteiger partial charge is 0.224 e. The lowest BCUT2D eigenvalue weighted by molar-refractivity contribution is -0.116. The number of hydrogen-bond donors (Lipinski definition) is 2. The van der Waals surface area contributed by atoms with Gasteiger partial charge in [-0.15, -0.1) is 0 Å². The average Bonchev–Trinajstić information content (AvgIpc) is 3.79. The second kappa shape index (κ2) is 18.5. The number of hydrogen-bond acceptors (Lipinski definition) is 4. The van der Waals surface area contributed by atoms with Gasteiger partial charge in [0.05, 0.1) is 0 Å². The molecule has 55 heavy (non-hydrogen) atoms. The standard InChI is InChI=1S/C25H31FN2O.C22H25FN2O/c1-2-3-25(29)27-23-11-8-20-4-5-21(24(20)16-23)17-28-14-12-19(13-15-28)18-6-9-22(26)10-7-18;23-20-6-3-16(4-7-20)17-9-11-25(12-10-17)14-19-2-1-18-5-8-21(24-15-26)13-22(18)19/h6-11,16,19,21H,2-5,12-15,17H2,1H3,(H,27,29);3-8,13,15,17,19H,1-2,9-12,14H2,(H,24,26). The van der Waals surface area contributed by atoms with E-state index in [1.54, 1.807) is 24.3 Å². The molecule has 2 saturated heterocycles. The molecule has 6 nitrogen and oxygen atoms in total. The molecule has 8 rings (SSSR count). The molecule has 0 aromatic heterocycles. The molecule has 2 aliphatic heterocycles. The van der Waals surface area contributed by atoms with E-state index in [9.17, 15) is 18.4 Å². The number of nitrogens with zero attached hydrogens (tertiary/aromatic N) is 2. The normalized spacial score (nSPS) is 20.3. The second-order valence-electron chi connectivity index (χ2n) is 16.1. The van der Waals surface area contributed by atoms with Crippen LogP contribution in [0.3, 0.4) is 0 Å². The first-order valence-corrected chi connectivity index (χ1v) is 20.6. The van der Waals surface area contributed by atoms with Crippen molar-refractivity contribution in [3.05, 3.63) is 130 Å². The van der Waals surface area contributed by atoms with Gasteiger partial charge in [0.1, 0.15) is 11.6 Å². The summed E-state index contributed by atoms with van der Waals surface area (Å²) in [5.41, 5.74) is 10.0. The molecule has 0 spiro atoms. The molecule has 4 aromatic carbocycles. The minimum absolute atomic E-state index is 0.102. The summed E-state index contributed by atoms with van der Waals surface area (Å²) in [5, 5.41) is 5.81. The van der Waals surface area contributed by atoms with Crippen molar-refractivity contribution in [2.45, 2.75) is 94.8 Å². The van der Waals surface area contributed by atoms with Crippen molar-refractivity contribution in [3.63, 3.8) is 0 Å². The average molecular weight is 747 g/mol. The fraction of sp³-hybridized carbons (Fsp3) is 0.447. The minimum Gasteiger partial charge on any atom is -0.329 e. The van der Waals surface area contributed by atoms with E-state index >= 15 is 0 Å². The number of likely N-dealkylation sites (tertiary alicyclic amines) is 2. The third-order valence-corrected chi connectivity index (χ3v) is 12.5. The summed E-state index contributed by atoms with van der Waals surface area (Å²) >= 11 is 0. The summed E-state index contributed by atoms with van der Waals surface area (Å²) in [6.45, 7) is 8.60. The Labute approximate surface area is 325 Å². The number of anilines is 2. The van der Waals surface area contributed by atoms with Gasteiger partial charge in [-0.2, -0.15) is 0 Å². The zero-order chi connectivity index (χ0) is 38.1. The fourth-order valence-electron chi connectivity index (χ4n) is 9.43. The minimum atomic E-state index is -0.158. The number of amides is 2. The summed E-state index contributed by atoms with van der Waals surface area (Å²) in [5.74, 6) is 1.99. The quantitative estimate of drug-likeness (QED) is 0.150.